The molecule has 2 aliphatic rings. The Morgan fingerprint density at radius 1 is 1.10 bits per heavy atom. The summed E-state index contributed by atoms with van der Waals surface area (Å²) in [5.74, 6) is 0.203. The predicted octanol–water partition coefficient (Wildman–Crippen LogP) is 3.34. The van der Waals surface area contributed by atoms with Crippen molar-refractivity contribution in [2.45, 2.75) is 19.9 Å². The molecule has 4 rings (SSSR count). The Labute approximate surface area is 176 Å². The third kappa shape index (κ3) is 4.62. The van der Waals surface area contributed by atoms with Crippen molar-refractivity contribution in [1.82, 2.24) is 14.7 Å². The van der Waals surface area contributed by atoms with Crippen LogP contribution in [0.4, 0.5) is 10.5 Å². The van der Waals surface area contributed by atoms with E-state index in [2.05, 4.69) is 27.7 Å². The van der Waals surface area contributed by atoms with Crippen molar-refractivity contribution in [3.63, 3.8) is 0 Å². The number of nitrogens with one attached hydrogen (secondary N) is 1. The summed E-state index contributed by atoms with van der Waals surface area (Å²) in [7, 11) is 0. The predicted molar refractivity (Wildman–Crippen MR) is 116 cm³/mol. The maximum atomic E-state index is 13.0. The van der Waals surface area contributed by atoms with Crippen LogP contribution in [-0.2, 0) is 11.3 Å². The van der Waals surface area contributed by atoms with E-state index in [1.165, 1.54) is 4.88 Å². The molecule has 1 atom stereocenters. The second-order valence-corrected chi connectivity index (χ2v) is 9.12. The van der Waals surface area contributed by atoms with Crippen molar-refractivity contribution in [2.75, 3.05) is 44.6 Å². The van der Waals surface area contributed by atoms with Crippen molar-refractivity contribution in [3.8, 4) is 0 Å². The minimum atomic E-state index is -0.213. The fourth-order valence-corrected chi connectivity index (χ4v) is 5.23. The van der Waals surface area contributed by atoms with E-state index in [1.807, 2.05) is 47.1 Å². The molecule has 1 unspecified atom stereocenters. The Kier molecular flexibility index (Phi) is 5.87. The van der Waals surface area contributed by atoms with Crippen LogP contribution < -0.4 is 5.32 Å². The lowest BCUT2D eigenvalue weighted by molar-refractivity contribution is -0.127. The lowest BCUT2D eigenvalue weighted by atomic mass is 9.86. The number of hydrogen-bond acceptors (Lipinski definition) is 4. The number of thiophene rings is 1. The number of nitrogens with zero attached hydrogens (tertiary/aromatic N) is 3. The normalized spacial score (nSPS) is 22.9. The number of amides is 3. The number of urea groups is 1. The number of carbonyl (C=O) groups is 2. The van der Waals surface area contributed by atoms with Gasteiger partial charge in [0.15, 0.2) is 0 Å². The summed E-state index contributed by atoms with van der Waals surface area (Å²) in [4.78, 5) is 33.1. The fraction of sp³-hybridized carbons (Fsp3) is 0.455. The number of benzene rings is 1. The van der Waals surface area contributed by atoms with Crippen LogP contribution in [0.2, 0.25) is 0 Å². The molecule has 2 fully saturated rings. The number of para-hydroxylation sites is 1. The van der Waals surface area contributed by atoms with E-state index < -0.39 is 0 Å². The Bertz CT molecular complexity index is 842. The molecule has 0 radical (unpaired) electrons. The van der Waals surface area contributed by atoms with E-state index in [1.54, 1.807) is 11.3 Å². The van der Waals surface area contributed by atoms with Crippen LogP contribution in [0, 0.1) is 5.41 Å². The van der Waals surface area contributed by atoms with Crippen molar-refractivity contribution >= 4 is 29.0 Å². The maximum absolute atomic E-state index is 13.0. The van der Waals surface area contributed by atoms with Gasteiger partial charge in [0, 0.05) is 68.2 Å². The van der Waals surface area contributed by atoms with Gasteiger partial charge in [0.05, 0.1) is 0 Å². The highest BCUT2D eigenvalue weighted by molar-refractivity contribution is 7.09. The Morgan fingerprint density at radius 3 is 2.62 bits per heavy atom. The summed E-state index contributed by atoms with van der Waals surface area (Å²) in [5, 5.41) is 5.11. The van der Waals surface area contributed by atoms with Gasteiger partial charge >= 0.3 is 6.03 Å². The molecule has 7 heteroatoms. The molecule has 0 bridgehead atoms. The molecule has 1 aromatic carbocycles. The third-order valence-corrected chi connectivity index (χ3v) is 6.69. The highest BCUT2D eigenvalue weighted by Crippen LogP contribution is 2.35. The largest absolute Gasteiger partial charge is 0.342 e. The van der Waals surface area contributed by atoms with Crippen LogP contribution in [-0.4, -0.2) is 65.9 Å². The second-order valence-electron chi connectivity index (χ2n) is 8.09. The van der Waals surface area contributed by atoms with E-state index in [4.69, 9.17) is 0 Å². The van der Waals surface area contributed by atoms with Crippen LogP contribution in [0.5, 0.6) is 0 Å². The first kappa shape index (κ1) is 19.9. The minimum absolute atomic E-state index is 0.0871. The molecule has 6 nitrogen and oxygen atoms in total. The fourth-order valence-electron chi connectivity index (χ4n) is 4.49. The number of likely N-dealkylation sites (tertiary alicyclic amines) is 1. The first-order valence-corrected chi connectivity index (χ1v) is 11.1. The summed E-state index contributed by atoms with van der Waals surface area (Å²) in [5.41, 5.74) is 0.582. The highest BCUT2D eigenvalue weighted by Gasteiger charge is 2.46. The van der Waals surface area contributed by atoms with E-state index in [9.17, 15) is 9.59 Å². The smallest absolute Gasteiger partial charge is 0.321 e. The summed E-state index contributed by atoms with van der Waals surface area (Å²) in [6.07, 6.45) is 0.511. The van der Waals surface area contributed by atoms with E-state index in [-0.39, 0.29) is 17.4 Å². The van der Waals surface area contributed by atoms with Gasteiger partial charge in [-0.3, -0.25) is 9.69 Å². The molecule has 29 heavy (non-hydrogen) atoms. The third-order valence-electron chi connectivity index (χ3n) is 5.83. The van der Waals surface area contributed by atoms with Crippen molar-refractivity contribution < 1.29 is 9.59 Å². The monoisotopic (exact) mass is 412 g/mol. The quantitative estimate of drug-likeness (QED) is 0.838. The molecular weight excluding hydrogens is 384 g/mol. The number of anilines is 1. The molecule has 2 aromatic rings. The number of rotatable bonds is 4. The van der Waals surface area contributed by atoms with Crippen molar-refractivity contribution in [1.29, 1.82) is 0 Å². The molecule has 1 N–H and O–H groups in total. The summed E-state index contributed by atoms with van der Waals surface area (Å²) < 4.78 is 0. The average molecular weight is 413 g/mol. The van der Waals surface area contributed by atoms with Crippen LogP contribution >= 0.6 is 11.3 Å². The Morgan fingerprint density at radius 2 is 1.93 bits per heavy atom. The van der Waals surface area contributed by atoms with Crippen LogP contribution in [0.15, 0.2) is 47.8 Å². The zero-order valence-corrected chi connectivity index (χ0v) is 17.7. The summed E-state index contributed by atoms with van der Waals surface area (Å²) in [6.45, 7) is 7.25. The average Bonchev–Trinajstić information content (AvgIpc) is 3.28. The molecule has 1 spiro atoms. The van der Waals surface area contributed by atoms with Crippen molar-refractivity contribution in [2.24, 2.45) is 5.41 Å². The van der Waals surface area contributed by atoms with E-state index in [0.717, 1.165) is 38.4 Å². The second kappa shape index (κ2) is 8.55. The van der Waals surface area contributed by atoms with Gasteiger partial charge < -0.3 is 15.1 Å². The maximum Gasteiger partial charge on any atom is 0.321 e. The highest BCUT2D eigenvalue weighted by atomic mass is 32.1. The molecule has 2 saturated heterocycles. The van der Waals surface area contributed by atoms with Gasteiger partial charge in [0.25, 0.3) is 0 Å². The lowest BCUT2D eigenvalue weighted by Crippen LogP contribution is -2.45. The van der Waals surface area contributed by atoms with Crippen LogP contribution in [0.1, 0.15) is 18.2 Å². The van der Waals surface area contributed by atoms with Gasteiger partial charge in [-0.1, -0.05) is 24.3 Å². The zero-order valence-electron chi connectivity index (χ0n) is 16.8. The molecule has 3 amide bonds. The first-order chi connectivity index (χ1) is 14.1. The van der Waals surface area contributed by atoms with E-state index >= 15 is 0 Å². The number of carbonyl (C=O) groups excluding carboxylic acids is 2. The molecule has 2 aliphatic heterocycles. The van der Waals surface area contributed by atoms with E-state index in [0.29, 0.717) is 19.5 Å². The zero-order chi connectivity index (χ0) is 20.3. The Balaban J connectivity index is 1.53. The standard InChI is InChI=1S/C22H28N4O2S/c1-2-25-16-22(13-20(25)27)15-24(14-19-9-6-12-29-19)10-11-26(17-22)21(28)23-18-7-4-3-5-8-18/h3-9,12H,2,10-11,13-17H2,1H3,(H,23,28). The van der Waals surface area contributed by atoms with Crippen molar-refractivity contribution in [3.05, 3.63) is 52.7 Å². The number of hydrogen-bond donors (Lipinski definition) is 1. The van der Waals surface area contributed by atoms with Crippen LogP contribution in [0.3, 0.4) is 0 Å². The van der Waals surface area contributed by atoms with Gasteiger partial charge in [-0.2, -0.15) is 0 Å². The van der Waals surface area contributed by atoms with Gasteiger partial charge in [0.2, 0.25) is 5.91 Å². The first-order valence-electron chi connectivity index (χ1n) is 10.2. The summed E-state index contributed by atoms with van der Waals surface area (Å²) in [6, 6.07) is 13.7. The van der Waals surface area contributed by atoms with Gasteiger partial charge in [0.1, 0.15) is 0 Å². The topological polar surface area (TPSA) is 55.9 Å². The Hall–Kier alpha value is -2.38. The van der Waals surface area contributed by atoms with Gasteiger partial charge in [-0.25, -0.2) is 4.79 Å². The molecule has 154 valence electrons. The minimum Gasteiger partial charge on any atom is -0.342 e. The van der Waals surface area contributed by atoms with Gasteiger partial charge in [-0.05, 0) is 30.5 Å². The lowest BCUT2D eigenvalue weighted by Gasteiger charge is -2.33. The van der Waals surface area contributed by atoms with Crippen LogP contribution in [0.25, 0.3) is 0 Å². The SMILES string of the molecule is CCN1CC2(CC1=O)CN(Cc1cccs1)CCN(C(=O)Nc1ccccc1)C2. The molecule has 0 saturated carbocycles. The van der Waals surface area contributed by atoms with Gasteiger partial charge in [-0.15, -0.1) is 11.3 Å². The molecule has 0 aliphatic carbocycles. The molecule has 1 aromatic heterocycles. The summed E-state index contributed by atoms with van der Waals surface area (Å²) >= 11 is 1.76. The molecule has 3 heterocycles. The molecular formula is C22H28N4O2S.